The molecule has 0 bridgehead atoms. The lowest BCUT2D eigenvalue weighted by Crippen LogP contribution is -2.29. The summed E-state index contributed by atoms with van der Waals surface area (Å²) in [5.74, 6) is -0.378. The van der Waals surface area contributed by atoms with Crippen LogP contribution in [0.1, 0.15) is 17.2 Å². The largest absolute Gasteiger partial charge is 0.369 e. The van der Waals surface area contributed by atoms with Gasteiger partial charge >= 0.3 is 0 Å². The van der Waals surface area contributed by atoms with Gasteiger partial charge < -0.3 is 10.6 Å². The van der Waals surface area contributed by atoms with Crippen molar-refractivity contribution in [2.45, 2.75) is 12.8 Å². The van der Waals surface area contributed by atoms with E-state index < -0.39 is 0 Å². The maximum Gasteiger partial charge on any atom is 0.223 e. The van der Waals surface area contributed by atoms with E-state index in [9.17, 15) is 9.18 Å². The zero-order valence-electron chi connectivity index (χ0n) is 14.7. The molecular weight excluding hydrogens is 333 g/mol. The summed E-state index contributed by atoms with van der Waals surface area (Å²) in [6.07, 6.45) is 3.51. The van der Waals surface area contributed by atoms with E-state index in [2.05, 4.69) is 10.1 Å². The molecule has 1 aliphatic rings. The van der Waals surface area contributed by atoms with Crippen LogP contribution in [0.2, 0.25) is 0 Å². The number of pyridine rings is 1. The predicted octanol–water partition coefficient (Wildman–Crippen LogP) is 2.12. The second kappa shape index (κ2) is 6.09. The molecule has 3 heterocycles. The third-order valence-corrected chi connectivity index (χ3v) is 5.36. The summed E-state index contributed by atoms with van der Waals surface area (Å²) in [5.41, 5.74) is 7.72. The second-order valence-corrected chi connectivity index (χ2v) is 6.83. The van der Waals surface area contributed by atoms with Crippen molar-refractivity contribution < 1.29 is 9.18 Å². The summed E-state index contributed by atoms with van der Waals surface area (Å²) >= 11 is 0. The van der Waals surface area contributed by atoms with Crippen LogP contribution in [0.15, 0.2) is 36.7 Å². The minimum absolute atomic E-state index is 0.0631. The van der Waals surface area contributed by atoms with E-state index in [1.54, 1.807) is 23.1 Å². The number of aromatic nitrogens is 3. The smallest absolute Gasteiger partial charge is 0.223 e. The highest BCUT2D eigenvalue weighted by Gasteiger charge is 2.39. The number of nitrogens with two attached hydrogens (primary N) is 1. The first-order chi connectivity index (χ1) is 12.5. The third kappa shape index (κ3) is 2.60. The van der Waals surface area contributed by atoms with Gasteiger partial charge in [0.05, 0.1) is 12.1 Å². The number of rotatable bonds is 3. The number of fused-ring (bicyclic) bond motifs is 1. The average molecular weight is 353 g/mol. The topological polar surface area (TPSA) is 77.0 Å². The fraction of sp³-hybridized carbons (Fsp3) is 0.316. The van der Waals surface area contributed by atoms with E-state index in [1.807, 2.05) is 24.9 Å². The van der Waals surface area contributed by atoms with Gasteiger partial charge in [-0.05, 0) is 36.1 Å². The van der Waals surface area contributed by atoms with Gasteiger partial charge in [0.15, 0.2) is 0 Å². The lowest BCUT2D eigenvalue weighted by molar-refractivity contribution is -0.121. The van der Waals surface area contributed by atoms with E-state index in [0.29, 0.717) is 18.9 Å². The van der Waals surface area contributed by atoms with Crippen LogP contribution in [0.25, 0.3) is 10.8 Å². The quantitative estimate of drug-likeness (QED) is 0.782. The minimum atomic E-state index is -0.344. The highest BCUT2D eigenvalue weighted by molar-refractivity contribution is 5.92. The number of benzene rings is 1. The number of hydrogen-bond acceptors (Lipinski definition) is 4. The van der Waals surface area contributed by atoms with Crippen LogP contribution in [-0.2, 0) is 11.8 Å². The molecule has 0 unspecified atom stereocenters. The molecule has 134 valence electrons. The van der Waals surface area contributed by atoms with Gasteiger partial charge in [0, 0.05) is 43.3 Å². The molecular formula is C19H20FN5O. The van der Waals surface area contributed by atoms with Crippen molar-refractivity contribution in [3.05, 3.63) is 53.7 Å². The molecule has 7 heteroatoms. The zero-order chi connectivity index (χ0) is 18.4. The van der Waals surface area contributed by atoms with Crippen molar-refractivity contribution in [3.63, 3.8) is 0 Å². The fourth-order valence-corrected chi connectivity index (χ4v) is 3.84. The van der Waals surface area contributed by atoms with Gasteiger partial charge in [-0.3, -0.25) is 9.48 Å². The Balaban J connectivity index is 1.77. The molecule has 1 saturated heterocycles. The molecule has 2 atom stereocenters. The van der Waals surface area contributed by atoms with Crippen molar-refractivity contribution in [2.24, 2.45) is 18.7 Å². The molecule has 1 fully saturated rings. The number of primary amides is 1. The van der Waals surface area contributed by atoms with E-state index in [0.717, 1.165) is 22.0 Å². The molecule has 0 aliphatic carbocycles. The first kappa shape index (κ1) is 16.5. The normalized spacial score (nSPS) is 20.0. The van der Waals surface area contributed by atoms with E-state index >= 15 is 0 Å². The summed E-state index contributed by atoms with van der Waals surface area (Å²) in [6.45, 7) is 3.02. The Kier molecular flexibility index (Phi) is 3.86. The van der Waals surface area contributed by atoms with E-state index in [1.165, 1.54) is 12.1 Å². The van der Waals surface area contributed by atoms with Crippen LogP contribution in [0.5, 0.6) is 0 Å². The summed E-state index contributed by atoms with van der Waals surface area (Å²) in [5, 5.41) is 5.94. The van der Waals surface area contributed by atoms with Gasteiger partial charge in [0.1, 0.15) is 11.6 Å². The van der Waals surface area contributed by atoms with Gasteiger partial charge in [-0.2, -0.15) is 5.10 Å². The van der Waals surface area contributed by atoms with Crippen LogP contribution in [0.4, 0.5) is 10.2 Å². The van der Waals surface area contributed by atoms with Crippen LogP contribution >= 0.6 is 0 Å². The highest BCUT2D eigenvalue weighted by Crippen LogP contribution is 2.38. The van der Waals surface area contributed by atoms with E-state index in [-0.39, 0.29) is 23.6 Å². The first-order valence-electron chi connectivity index (χ1n) is 8.52. The fourth-order valence-electron chi connectivity index (χ4n) is 3.84. The molecule has 6 nitrogen and oxygen atoms in total. The monoisotopic (exact) mass is 353 g/mol. The van der Waals surface area contributed by atoms with Crippen LogP contribution in [-0.4, -0.2) is 33.8 Å². The lowest BCUT2D eigenvalue weighted by atomic mass is 9.89. The van der Waals surface area contributed by atoms with E-state index in [4.69, 9.17) is 5.73 Å². The Morgan fingerprint density at radius 2 is 2.12 bits per heavy atom. The Morgan fingerprint density at radius 1 is 1.31 bits per heavy atom. The number of hydrogen-bond donors (Lipinski definition) is 1. The summed E-state index contributed by atoms with van der Waals surface area (Å²) in [7, 11) is 1.87. The molecule has 0 radical (unpaired) electrons. The Bertz CT molecular complexity index is 999. The Hall–Kier alpha value is -2.96. The van der Waals surface area contributed by atoms with Gasteiger partial charge in [-0.15, -0.1) is 0 Å². The average Bonchev–Trinajstić information content (AvgIpc) is 3.19. The number of aryl methyl sites for hydroxylation is 1. The second-order valence-electron chi connectivity index (χ2n) is 6.83. The maximum absolute atomic E-state index is 13.8. The highest BCUT2D eigenvalue weighted by atomic mass is 19.1. The molecule has 2 N–H and O–H groups in total. The number of carbonyl (C=O) groups excluding carboxylic acids is 1. The molecule has 2 aromatic heterocycles. The number of anilines is 1. The number of nitrogens with zero attached hydrogens (tertiary/aromatic N) is 4. The third-order valence-electron chi connectivity index (χ3n) is 5.36. The van der Waals surface area contributed by atoms with Gasteiger partial charge in [-0.1, -0.05) is 6.07 Å². The minimum Gasteiger partial charge on any atom is -0.369 e. The van der Waals surface area contributed by atoms with Gasteiger partial charge in [-0.25, -0.2) is 9.37 Å². The maximum atomic E-state index is 13.8. The predicted molar refractivity (Wildman–Crippen MR) is 97.3 cm³/mol. The summed E-state index contributed by atoms with van der Waals surface area (Å²) in [4.78, 5) is 18.6. The van der Waals surface area contributed by atoms with Crippen molar-refractivity contribution in [1.82, 2.24) is 14.8 Å². The zero-order valence-corrected chi connectivity index (χ0v) is 14.7. The number of carbonyl (C=O) groups is 1. The van der Waals surface area contributed by atoms with Gasteiger partial charge in [0.25, 0.3) is 0 Å². The number of halogens is 1. The Morgan fingerprint density at radius 3 is 2.81 bits per heavy atom. The molecule has 4 rings (SSSR count). The Labute approximate surface area is 150 Å². The van der Waals surface area contributed by atoms with Crippen molar-refractivity contribution in [2.75, 3.05) is 18.0 Å². The standard InChI is InChI=1S/C19H20FN5O/c1-11-15(8-23-24(11)2)16-9-25(10-17(16)18(21)26)19-14-7-13(20)4-3-12(14)5-6-22-19/h3-8,16-17H,9-10H2,1-2H3,(H2,21,26)/t16-,17+/m1/s1. The van der Waals surface area contributed by atoms with Crippen molar-refractivity contribution >= 4 is 22.5 Å². The summed E-state index contributed by atoms with van der Waals surface area (Å²) < 4.78 is 15.6. The molecule has 1 amide bonds. The molecule has 3 aromatic rings. The van der Waals surface area contributed by atoms with Crippen molar-refractivity contribution in [3.8, 4) is 0 Å². The molecule has 1 aromatic carbocycles. The van der Waals surface area contributed by atoms with Gasteiger partial charge in [0.2, 0.25) is 5.91 Å². The van der Waals surface area contributed by atoms with Crippen LogP contribution in [0, 0.1) is 18.7 Å². The van der Waals surface area contributed by atoms with Crippen LogP contribution < -0.4 is 10.6 Å². The van der Waals surface area contributed by atoms with Crippen molar-refractivity contribution in [1.29, 1.82) is 0 Å². The molecule has 0 spiro atoms. The summed E-state index contributed by atoms with van der Waals surface area (Å²) in [6, 6.07) is 6.51. The lowest BCUT2D eigenvalue weighted by Gasteiger charge is -2.19. The molecule has 0 saturated carbocycles. The molecule has 26 heavy (non-hydrogen) atoms. The number of amides is 1. The van der Waals surface area contributed by atoms with Crippen LogP contribution in [0.3, 0.4) is 0 Å². The SMILES string of the molecule is Cc1c([C@H]2CN(c3nccc4ccc(F)cc34)C[C@@H]2C(N)=O)cnn1C. The first-order valence-corrected chi connectivity index (χ1v) is 8.52. The molecule has 1 aliphatic heterocycles.